The largest absolute Gasteiger partial charge is 0.337 e. The first-order chi connectivity index (χ1) is 14.2. The summed E-state index contributed by atoms with van der Waals surface area (Å²) >= 11 is 0. The van der Waals surface area contributed by atoms with E-state index in [1.165, 1.54) is 35.2 Å². The van der Waals surface area contributed by atoms with Crippen LogP contribution in [0.3, 0.4) is 0 Å². The van der Waals surface area contributed by atoms with Gasteiger partial charge >= 0.3 is 0 Å². The number of amides is 1. The van der Waals surface area contributed by atoms with Gasteiger partial charge in [-0.25, -0.2) is 12.8 Å². The molecule has 1 N–H and O–H groups in total. The fraction of sp³-hybridized carbons (Fsp3) is 0.174. The van der Waals surface area contributed by atoms with Crippen LogP contribution in [0.2, 0.25) is 0 Å². The maximum atomic E-state index is 13.8. The zero-order valence-corrected chi connectivity index (χ0v) is 17.8. The smallest absolute Gasteiger partial charge is 0.261 e. The van der Waals surface area contributed by atoms with Gasteiger partial charge < -0.3 is 4.90 Å². The molecule has 0 saturated heterocycles. The van der Waals surface area contributed by atoms with E-state index < -0.39 is 10.0 Å². The van der Waals surface area contributed by atoms with E-state index in [1.807, 2.05) is 19.9 Å². The van der Waals surface area contributed by atoms with Crippen LogP contribution in [0.1, 0.15) is 27.0 Å². The Kier molecular flexibility index (Phi) is 6.22. The highest BCUT2D eigenvalue weighted by Gasteiger charge is 2.18. The summed E-state index contributed by atoms with van der Waals surface area (Å²) in [6.07, 6.45) is 0. The molecule has 30 heavy (non-hydrogen) atoms. The van der Waals surface area contributed by atoms with E-state index in [-0.39, 0.29) is 23.2 Å². The van der Waals surface area contributed by atoms with Crippen LogP contribution in [0.15, 0.2) is 71.6 Å². The monoisotopic (exact) mass is 426 g/mol. The Labute approximate surface area is 176 Å². The Balaban J connectivity index is 1.75. The molecule has 0 unspecified atom stereocenters. The number of nitrogens with zero attached hydrogens (tertiary/aromatic N) is 1. The van der Waals surface area contributed by atoms with Crippen molar-refractivity contribution < 1.29 is 17.6 Å². The second-order valence-corrected chi connectivity index (χ2v) is 8.81. The fourth-order valence-corrected chi connectivity index (χ4v) is 4.14. The summed E-state index contributed by atoms with van der Waals surface area (Å²) in [4.78, 5) is 14.1. The molecule has 3 aromatic carbocycles. The van der Waals surface area contributed by atoms with E-state index in [0.717, 1.165) is 11.1 Å². The standard InChI is InChI=1S/C23H23FN2O3S/c1-16-7-6-10-22(17(16)2)25-30(28,29)20-13-11-18(12-14-20)23(27)26(3)15-19-8-4-5-9-21(19)24/h4-14,25H,15H2,1-3H3. The molecule has 5 nitrogen and oxygen atoms in total. The Hall–Kier alpha value is -3.19. The molecule has 0 radical (unpaired) electrons. The lowest BCUT2D eigenvalue weighted by molar-refractivity contribution is 0.0783. The quantitative estimate of drug-likeness (QED) is 0.630. The lowest BCUT2D eigenvalue weighted by Crippen LogP contribution is -2.26. The number of anilines is 1. The van der Waals surface area contributed by atoms with Crippen molar-refractivity contribution in [1.29, 1.82) is 0 Å². The first kappa shape index (κ1) is 21.5. The number of hydrogen-bond acceptors (Lipinski definition) is 3. The minimum atomic E-state index is -3.79. The van der Waals surface area contributed by atoms with Crippen LogP contribution >= 0.6 is 0 Å². The Morgan fingerprint density at radius 1 is 0.967 bits per heavy atom. The Morgan fingerprint density at radius 2 is 1.63 bits per heavy atom. The highest BCUT2D eigenvalue weighted by atomic mass is 32.2. The normalized spacial score (nSPS) is 11.2. The SMILES string of the molecule is Cc1cccc(NS(=O)(=O)c2ccc(C(=O)N(C)Cc3ccccc3F)cc2)c1C. The molecule has 7 heteroatoms. The van der Waals surface area contributed by atoms with Gasteiger partial charge in [0, 0.05) is 24.7 Å². The summed E-state index contributed by atoms with van der Waals surface area (Å²) in [5, 5.41) is 0. The maximum absolute atomic E-state index is 13.8. The van der Waals surface area contributed by atoms with Crippen LogP contribution in [0.4, 0.5) is 10.1 Å². The zero-order valence-electron chi connectivity index (χ0n) is 17.0. The molecule has 0 aromatic heterocycles. The molecule has 1 amide bonds. The highest BCUT2D eigenvalue weighted by molar-refractivity contribution is 7.92. The van der Waals surface area contributed by atoms with Crippen LogP contribution < -0.4 is 4.72 Å². The van der Waals surface area contributed by atoms with Crippen molar-refractivity contribution in [2.45, 2.75) is 25.3 Å². The Morgan fingerprint density at radius 3 is 2.30 bits per heavy atom. The summed E-state index contributed by atoms with van der Waals surface area (Å²) in [6, 6.07) is 17.3. The van der Waals surface area contributed by atoms with Gasteiger partial charge in [-0.1, -0.05) is 30.3 Å². The number of aryl methyl sites for hydroxylation is 1. The van der Waals surface area contributed by atoms with Gasteiger partial charge in [-0.2, -0.15) is 0 Å². The van der Waals surface area contributed by atoms with Crippen molar-refractivity contribution in [2.75, 3.05) is 11.8 Å². The van der Waals surface area contributed by atoms with Gasteiger partial charge in [-0.05, 0) is 61.4 Å². The van der Waals surface area contributed by atoms with Crippen molar-refractivity contribution in [1.82, 2.24) is 4.90 Å². The molecule has 0 aliphatic carbocycles. The van der Waals surface area contributed by atoms with Gasteiger partial charge in [0.1, 0.15) is 5.82 Å². The lowest BCUT2D eigenvalue weighted by Gasteiger charge is -2.18. The molecule has 0 bridgehead atoms. The minimum Gasteiger partial charge on any atom is -0.337 e. The summed E-state index contributed by atoms with van der Waals surface area (Å²) in [5.41, 5.74) is 3.07. The second-order valence-electron chi connectivity index (χ2n) is 7.13. The molecule has 0 heterocycles. The van der Waals surface area contributed by atoms with Crippen molar-refractivity contribution in [3.63, 3.8) is 0 Å². The highest BCUT2D eigenvalue weighted by Crippen LogP contribution is 2.22. The second kappa shape index (κ2) is 8.67. The molecular weight excluding hydrogens is 403 g/mol. The molecule has 0 saturated carbocycles. The van der Waals surface area contributed by atoms with E-state index in [1.54, 1.807) is 37.4 Å². The van der Waals surface area contributed by atoms with Crippen molar-refractivity contribution in [2.24, 2.45) is 0 Å². The van der Waals surface area contributed by atoms with Crippen molar-refractivity contribution in [3.8, 4) is 0 Å². The van der Waals surface area contributed by atoms with Gasteiger partial charge in [-0.3, -0.25) is 9.52 Å². The summed E-state index contributed by atoms with van der Waals surface area (Å²) in [6.45, 7) is 3.87. The van der Waals surface area contributed by atoms with Crippen LogP contribution in [0.25, 0.3) is 0 Å². The summed E-state index contributed by atoms with van der Waals surface area (Å²) in [7, 11) is -2.22. The molecule has 0 aliphatic heterocycles. The molecule has 0 atom stereocenters. The molecular formula is C23H23FN2O3S. The van der Waals surface area contributed by atoms with Crippen LogP contribution in [-0.4, -0.2) is 26.3 Å². The average molecular weight is 427 g/mol. The fourth-order valence-electron chi connectivity index (χ4n) is 3.02. The van der Waals surface area contributed by atoms with Gasteiger partial charge in [-0.15, -0.1) is 0 Å². The zero-order chi connectivity index (χ0) is 21.9. The third kappa shape index (κ3) is 4.68. The number of rotatable bonds is 6. The van der Waals surface area contributed by atoms with E-state index in [0.29, 0.717) is 16.8 Å². The molecule has 3 rings (SSSR count). The number of halogens is 1. The summed E-state index contributed by atoms with van der Waals surface area (Å²) < 4.78 is 41.8. The van der Waals surface area contributed by atoms with Gasteiger partial charge in [0.05, 0.1) is 10.6 Å². The van der Waals surface area contributed by atoms with E-state index in [9.17, 15) is 17.6 Å². The molecule has 3 aromatic rings. The van der Waals surface area contributed by atoms with Crippen LogP contribution in [-0.2, 0) is 16.6 Å². The molecule has 0 fully saturated rings. The maximum Gasteiger partial charge on any atom is 0.261 e. The van der Waals surface area contributed by atoms with Crippen LogP contribution in [0.5, 0.6) is 0 Å². The number of nitrogens with one attached hydrogen (secondary N) is 1. The number of carbonyl (C=O) groups is 1. The Bertz CT molecular complexity index is 1180. The van der Waals surface area contributed by atoms with E-state index in [2.05, 4.69) is 4.72 Å². The van der Waals surface area contributed by atoms with Gasteiger partial charge in [0.2, 0.25) is 0 Å². The topological polar surface area (TPSA) is 66.5 Å². The molecule has 156 valence electrons. The van der Waals surface area contributed by atoms with Crippen molar-refractivity contribution >= 4 is 21.6 Å². The van der Waals surface area contributed by atoms with E-state index >= 15 is 0 Å². The van der Waals surface area contributed by atoms with E-state index in [4.69, 9.17) is 0 Å². The van der Waals surface area contributed by atoms with Crippen LogP contribution in [0, 0.1) is 19.7 Å². The van der Waals surface area contributed by atoms with Crippen molar-refractivity contribution in [3.05, 3.63) is 94.8 Å². The predicted octanol–water partition coefficient (Wildman–Crippen LogP) is 4.52. The lowest BCUT2D eigenvalue weighted by atomic mass is 10.1. The predicted molar refractivity (Wildman–Crippen MR) is 115 cm³/mol. The van der Waals surface area contributed by atoms with Gasteiger partial charge in [0.15, 0.2) is 0 Å². The summed E-state index contributed by atoms with van der Waals surface area (Å²) in [5.74, 6) is -0.708. The molecule has 0 aliphatic rings. The number of sulfonamides is 1. The first-order valence-electron chi connectivity index (χ1n) is 9.37. The third-order valence-electron chi connectivity index (χ3n) is 4.97. The average Bonchev–Trinajstić information content (AvgIpc) is 2.72. The molecule has 0 spiro atoms. The minimum absolute atomic E-state index is 0.0525. The van der Waals surface area contributed by atoms with Gasteiger partial charge in [0.25, 0.3) is 15.9 Å². The number of carbonyl (C=O) groups excluding carboxylic acids is 1. The number of hydrogen-bond donors (Lipinski definition) is 1. The third-order valence-corrected chi connectivity index (χ3v) is 6.35. The first-order valence-corrected chi connectivity index (χ1v) is 10.9. The number of benzene rings is 3.